The molecule has 408 valence electrons. The van der Waals surface area contributed by atoms with Crippen LogP contribution >= 0.6 is 0 Å². The normalized spacial score (nSPS) is 27.9. The number of rotatable bonds is 22. The van der Waals surface area contributed by atoms with Crippen molar-refractivity contribution in [2.45, 2.75) is 109 Å². The van der Waals surface area contributed by atoms with Gasteiger partial charge < -0.3 is 54.7 Å². The summed E-state index contributed by atoms with van der Waals surface area (Å²) in [5.41, 5.74) is -7.41. The van der Waals surface area contributed by atoms with E-state index in [9.17, 15) is 20.4 Å². The molecule has 0 saturated carbocycles. The van der Waals surface area contributed by atoms with Crippen LogP contribution in [0.3, 0.4) is 0 Å². The van der Waals surface area contributed by atoms with Crippen LogP contribution in [0.25, 0.3) is 0 Å². The first kappa shape index (κ1) is 55.6. The smallest absolute Gasteiger partial charge is 0.224 e. The van der Waals surface area contributed by atoms with Crippen molar-refractivity contribution in [2.75, 3.05) is 13.2 Å². The average molecular weight is 1060 g/mol. The number of ether oxygens (including phenoxy) is 4. The van der Waals surface area contributed by atoms with Crippen molar-refractivity contribution < 1.29 is 54.7 Å². The molecule has 8 aromatic rings. The summed E-state index contributed by atoms with van der Waals surface area (Å²) in [7, 11) is 0. The lowest BCUT2D eigenvalue weighted by Crippen LogP contribution is -2.94. The highest BCUT2D eigenvalue weighted by molar-refractivity contribution is 5.44. The van der Waals surface area contributed by atoms with E-state index in [1.807, 2.05) is 243 Å². The largest absolute Gasteiger partial charge is 0.394 e. The van der Waals surface area contributed by atoms with Crippen LogP contribution in [0.1, 0.15) is 44.5 Å². The zero-order chi connectivity index (χ0) is 55.0. The van der Waals surface area contributed by atoms with Crippen molar-refractivity contribution in [1.29, 1.82) is 0 Å². The maximum absolute atomic E-state index is 16.0. The molecule has 0 bridgehead atoms. The lowest BCUT2D eigenvalue weighted by molar-refractivity contribution is -0.522. The quantitative estimate of drug-likeness (QED) is 0.0349. The summed E-state index contributed by atoms with van der Waals surface area (Å²) >= 11 is 0. The molecule has 2 fully saturated rings. The number of aliphatic hydroxyl groups excluding tert-OH is 4. The van der Waals surface area contributed by atoms with Crippen LogP contribution in [-0.4, -0.2) is 107 Å². The minimum absolute atomic E-state index is 0.129. The zero-order valence-electron chi connectivity index (χ0n) is 44.2. The van der Waals surface area contributed by atoms with Crippen LogP contribution in [0.15, 0.2) is 243 Å². The Kier molecular flexibility index (Phi) is 16.6. The van der Waals surface area contributed by atoms with Gasteiger partial charge in [-0.1, -0.05) is 243 Å². The second kappa shape index (κ2) is 23.6. The van der Waals surface area contributed by atoms with Gasteiger partial charge in [-0.25, -0.2) is 0 Å². The van der Waals surface area contributed by atoms with Crippen molar-refractivity contribution >= 4 is 0 Å². The van der Waals surface area contributed by atoms with E-state index < -0.39 is 83.9 Å². The SMILES string of the molecule is OC[C@H]1OC(CO)(O[C@]2(Cc3ccccc3)O[C@](Cc3ccccc3)(C(O)(Cc3ccccc3)Cc3ccccc3)[C@@](Cc3ccccc3)(OCc3ccccc3)[C@@](O)(Cc3ccccc3)[C@]2(O)Cc2ccccc2)[C@@H](O)[C@@H]1O. The molecule has 2 saturated heterocycles. The van der Waals surface area contributed by atoms with Crippen molar-refractivity contribution in [3.8, 4) is 0 Å². The summed E-state index contributed by atoms with van der Waals surface area (Å²) in [5.74, 6) is -5.44. The Morgan fingerprint density at radius 2 is 0.785 bits per heavy atom. The van der Waals surface area contributed by atoms with E-state index in [2.05, 4.69) is 0 Å². The standard InChI is InChI=1S/C68H70O11/c69-48-59-60(71)61(72)63(50-70,77-59)78-68(47-57-37-21-7-22-38-57)65(75,44-54-31-15-4-16-32-54)64(74,43-53-29-13-3-14-30-53)67(46-56-35-19-6-20-36-56,76-49-58-39-23-8-24-40-58)66(79-68,45-55-33-17-5-18-34-55)62(73,41-51-25-9-1-10-26-51)42-52-27-11-2-12-28-52/h1-40,59-61,69-75H,41-50H2/t59-,60-,61+,63?,64-,65-,66-,67+,68-/m1/s1. The predicted octanol–water partition coefficient (Wildman–Crippen LogP) is 8.12. The summed E-state index contributed by atoms with van der Waals surface area (Å²) in [6, 6.07) is 75.2. The van der Waals surface area contributed by atoms with E-state index in [-0.39, 0.29) is 38.7 Å². The summed E-state index contributed by atoms with van der Waals surface area (Å²) in [5, 5.41) is 93.8. The van der Waals surface area contributed by atoms with Gasteiger partial charge in [-0.15, -0.1) is 0 Å². The molecule has 11 heteroatoms. The lowest BCUT2D eigenvalue weighted by Gasteiger charge is -2.73. The molecule has 0 aromatic heterocycles. The molecule has 7 N–H and O–H groups in total. The summed E-state index contributed by atoms with van der Waals surface area (Å²) in [6.45, 7) is -2.09. The lowest BCUT2D eigenvalue weighted by atomic mass is 9.48. The molecular weight excluding hydrogens is 993 g/mol. The number of hydrogen-bond donors (Lipinski definition) is 7. The van der Waals surface area contributed by atoms with Gasteiger partial charge in [0, 0.05) is 44.9 Å². The maximum atomic E-state index is 16.0. The highest BCUT2D eigenvalue weighted by Crippen LogP contribution is 2.65. The van der Waals surface area contributed by atoms with E-state index in [0.29, 0.717) is 38.9 Å². The minimum Gasteiger partial charge on any atom is -0.394 e. The van der Waals surface area contributed by atoms with E-state index in [0.717, 1.165) is 5.56 Å². The van der Waals surface area contributed by atoms with Crippen molar-refractivity contribution in [3.63, 3.8) is 0 Å². The second-order valence-electron chi connectivity index (χ2n) is 21.5. The molecule has 79 heavy (non-hydrogen) atoms. The number of hydrogen-bond acceptors (Lipinski definition) is 11. The molecule has 0 spiro atoms. The second-order valence-corrected chi connectivity index (χ2v) is 21.5. The number of aliphatic hydroxyl groups is 7. The fourth-order valence-corrected chi connectivity index (χ4v) is 12.7. The van der Waals surface area contributed by atoms with Gasteiger partial charge in [-0.05, 0) is 44.5 Å². The van der Waals surface area contributed by atoms with Crippen LogP contribution in [0, 0.1) is 0 Å². The van der Waals surface area contributed by atoms with E-state index in [4.69, 9.17) is 18.9 Å². The van der Waals surface area contributed by atoms with Gasteiger partial charge in [0.05, 0.1) is 13.2 Å². The van der Waals surface area contributed by atoms with Gasteiger partial charge in [0.1, 0.15) is 47.3 Å². The molecule has 11 nitrogen and oxygen atoms in total. The van der Waals surface area contributed by atoms with E-state index in [1.165, 1.54) is 0 Å². The van der Waals surface area contributed by atoms with Crippen molar-refractivity contribution in [1.82, 2.24) is 0 Å². The highest BCUT2D eigenvalue weighted by Gasteiger charge is 2.86. The predicted molar refractivity (Wildman–Crippen MR) is 301 cm³/mol. The third-order valence-electron chi connectivity index (χ3n) is 16.5. The molecule has 9 atom stereocenters. The van der Waals surface area contributed by atoms with Crippen LogP contribution in [0.4, 0.5) is 0 Å². The van der Waals surface area contributed by atoms with Crippen molar-refractivity contribution in [2.24, 2.45) is 0 Å². The van der Waals surface area contributed by atoms with Gasteiger partial charge in [0.2, 0.25) is 11.6 Å². The number of benzene rings is 8. The Bertz CT molecular complexity index is 3110. The van der Waals surface area contributed by atoms with Gasteiger partial charge in [-0.3, -0.25) is 0 Å². The molecule has 1 unspecified atom stereocenters. The topological polar surface area (TPSA) is 179 Å². The Labute approximate surface area is 462 Å². The fraction of sp³-hybridized carbons (Fsp3) is 0.294. The summed E-state index contributed by atoms with van der Waals surface area (Å²) < 4.78 is 30.4. The molecule has 0 aliphatic carbocycles. The fourth-order valence-electron chi connectivity index (χ4n) is 12.7. The Balaban J connectivity index is 1.44. The van der Waals surface area contributed by atoms with Crippen LogP contribution < -0.4 is 0 Å². The van der Waals surface area contributed by atoms with E-state index >= 15 is 15.3 Å². The van der Waals surface area contributed by atoms with Gasteiger partial charge in [0.25, 0.3) is 0 Å². The van der Waals surface area contributed by atoms with Crippen LogP contribution in [0.5, 0.6) is 0 Å². The maximum Gasteiger partial charge on any atom is 0.224 e. The van der Waals surface area contributed by atoms with Gasteiger partial charge in [0.15, 0.2) is 5.60 Å². The first-order chi connectivity index (χ1) is 38.3. The molecular formula is C68H70O11. The third kappa shape index (κ3) is 10.7. The van der Waals surface area contributed by atoms with E-state index in [1.54, 1.807) is 0 Å². The molecule has 2 aliphatic rings. The first-order valence-electron chi connectivity index (χ1n) is 27.1. The van der Waals surface area contributed by atoms with Crippen molar-refractivity contribution in [3.05, 3.63) is 287 Å². The molecule has 0 amide bonds. The molecule has 2 aliphatic heterocycles. The van der Waals surface area contributed by atoms with Crippen LogP contribution in [-0.2, 0) is 70.5 Å². The Hall–Kier alpha value is -6.68. The summed E-state index contributed by atoms with van der Waals surface area (Å²) in [4.78, 5) is 0. The average Bonchev–Trinajstić information content (AvgIpc) is 2.18. The Morgan fingerprint density at radius 1 is 0.430 bits per heavy atom. The van der Waals surface area contributed by atoms with Gasteiger partial charge >= 0.3 is 0 Å². The molecule has 8 aromatic carbocycles. The molecule has 0 radical (unpaired) electrons. The molecule has 2 heterocycles. The summed E-state index contributed by atoms with van der Waals surface area (Å²) in [6.07, 6.45) is -7.29. The zero-order valence-corrected chi connectivity index (χ0v) is 44.2. The molecule has 10 rings (SSSR count). The van der Waals surface area contributed by atoms with Gasteiger partial charge in [-0.2, -0.15) is 0 Å². The highest BCUT2D eigenvalue weighted by atomic mass is 16.8. The monoisotopic (exact) mass is 1060 g/mol. The third-order valence-corrected chi connectivity index (χ3v) is 16.5. The minimum atomic E-state index is -2.83. The Morgan fingerprint density at radius 3 is 1.18 bits per heavy atom. The van der Waals surface area contributed by atoms with Crippen LogP contribution in [0.2, 0.25) is 0 Å². The first-order valence-corrected chi connectivity index (χ1v) is 27.1.